The second kappa shape index (κ2) is 7.03. The molecule has 3 fully saturated rings. The van der Waals surface area contributed by atoms with Gasteiger partial charge in [-0.25, -0.2) is 9.97 Å². The lowest BCUT2D eigenvalue weighted by molar-refractivity contribution is 0.0485. The lowest BCUT2D eigenvalue weighted by Gasteiger charge is -2.49. The molecule has 3 aliphatic rings. The Kier molecular flexibility index (Phi) is 4.83. The number of hydrogen-bond acceptors (Lipinski definition) is 5. The van der Waals surface area contributed by atoms with E-state index in [0.29, 0.717) is 6.04 Å². The molecule has 6 heteroatoms. The summed E-state index contributed by atoms with van der Waals surface area (Å²) >= 11 is 3.39. The van der Waals surface area contributed by atoms with Crippen LogP contribution in [0.5, 0.6) is 0 Å². The van der Waals surface area contributed by atoms with E-state index in [0.717, 1.165) is 29.6 Å². The third-order valence-corrected chi connectivity index (χ3v) is 6.12. The lowest BCUT2D eigenvalue weighted by atomic mass is 9.93. The number of anilines is 1. The minimum Gasteiger partial charge on any atom is -0.338 e. The van der Waals surface area contributed by atoms with Gasteiger partial charge < -0.3 is 4.90 Å². The molecule has 23 heavy (non-hydrogen) atoms. The highest BCUT2D eigenvalue weighted by atomic mass is 79.9. The van der Waals surface area contributed by atoms with Gasteiger partial charge >= 0.3 is 0 Å². The van der Waals surface area contributed by atoms with Crippen molar-refractivity contribution in [3.8, 4) is 0 Å². The van der Waals surface area contributed by atoms with Crippen molar-refractivity contribution in [2.45, 2.75) is 44.2 Å². The zero-order valence-corrected chi connectivity index (χ0v) is 15.3. The molecular weight excluding hydrogens is 354 g/mol. The Morgan fingerprint density at radius 3 is 2.00 bits per heavy atom. The van der Waals surface area contributed by atoms with Crippen molar-refractivity contribution < 1.29 is 0 Å². The van der Waals surface area contributed by atoms with Gasteiger partial charge in [0.1, 0.15) is 0 Å². The quantitative estimate of drug-likeness (QED) is 0.805. The summed E-state index contributed by atoms with van der Waals surface area (Å²) in [5, 5.41) is 0. The molecule has 0 radical (unpaired) electrons. The van der Waals surface area contributed by atoms with Crippen LogP contribution in [0.15, 0.2) is 16.9 Å². The van der Waals surface area contributed by atoms with Crippen LogP contribution < -0.4 is 4.90 Å². The van der Waals surface area contributed by atoms with Crippen molar-refractivity contribution in [2.24, 2.45) is 0 Å². The van der Waals surface area contributed by atoms with Gasteiger partial charge in [0.25, 0.3) is 0 Å². The van der Waals surface area contributed by atoms with Gasteiger partial charge in [-0.05, 0) is 28.8 Å². The van der Waals surface area contributed by atoms with Crippen molar-refractivity contribution in [3.63, 3.8) is 0 Å². The first-order chi connectivity index (χ1) is 11.3. The van der Waals surface area contributed by atoms with Gasteiger partial charge in [0, 0.05) is 63.7 Å². The average molecular weight is 380 g/mol. The summed E-state index contributed by atoms with van der Waals surface area (Å²) < 4.78 is 0.942. The summed E-state index contributed by atoms with van der Waals surface area (Å²) in [7, 11) is 0. The van der Waals surface area contributed by atoms with Gasteiger partial charge in [-0.1, -0.05) is 19.3 Å². The number of rotatable bonds is 3. The maximum Gasteiger partial charge on any atom is 0.225 e. The zero-order chi connectivity index (χ0) is 15.6. The number of halogens is 1. The molecule has 5 nitrogen and oxygen atoms in total. The molecule has 0 aromatic carbocycles. The lowest BCUT2D eigenvalue weighted by Crippen LogP contribution is -2.64. The zero-order valence-electron chi connectivity index (χ0n) is 13.7. The van der Waals surface area contributed by atoms with E-state index in [4.69, 9.17) is 0 Å². The fourth-order valence-electron chi connectivity index (χ4n) is 4.23. The second-order valence-electron chi connectivity index (χ2n) is 7.12. The third-order valence-electron chi connectivity index (χ3n) is 5.71. The van der Waals surface area contributed by atoms with Gasteiger partial charge in [0.05, 0.1) is 4.47 Å². The van der Waals surface area contributed by atoms with E-state index in [2.05, 4.69) is 40.6 Å². The first kappa shape index (κ1) is 15.8. The summed E-state index contributed by atoms with van der Waals surface area (Å²) in [5.74, 6) is 0.866. The predicted octanol–water partition coefficient (Wildman–Crippen LogP) is 2.38. The highest BCUT2D eigenvalue weighted by Crippen LogP contribution is 2.26. The molecule has 3 heterocycles. The molecular formula is C17H26BrN5. The van der Waals surface area contributed by atoms with Crippen molar-refractivity contribution >= 4 is 21.9 Å². The molecule has 2 saturated heterocycles. The molecule has 1 aromatic heterocycles. The molecule has 0 unspecified atom stereocenters. The van der Waals surface area contributed by atoms with Gasteiger partial charge in [0.15, 0.2) is 0 Å². The molecule has 0 N–H and O–H groups in total. The van der Waals surface area contributed by atoms with Crippen LogP contribution in [0.1, 0.15) is 32.1 Å². The SMILES string of the molecule is Brc1cnc(N2CC(N3CCN(C4CCCCC4)CC3)C2)nc1. The Bertz CT molecular complexity index is 502. The number of piperazine rings is 1. The van der Waals surface area contributed by atoms with E-state index in [-0.39, 0.29) is 0 Å². The number of aromatic nitrogens is 2. The van der Waals surface area contributed by atoms with E-state index in [1.54, 1.807) is 0 Å². The van der Waals surface area contributed by atoms with Crippen LogP contribution in [0.4, 0.5) is 5.95 Å². The van der Waals surface area contributed by atoms with Crippen molar-refractivity contribution in [2.75, 3.05) is 44.2 Å². The summed E-state index contributed by atoms with van der Waals surface area (Å²) in [4.78, 5) is 16.5. The third kappa shape index (κ3) is 3.54. The molecule has 2 aliphatic heterocycles. The molecule has 0 bridgehead atoms. The highest BCUT2D eigenvalue weighted by molar-refractivity contribution is 9.10. The van der Waals surface area contributed by atoms with Crippen molar-refractivity contribution in [3.05, 3.63) is 16.9 Å². The number of hydrogen-bond donors (Lipinski definition) is 0. The van der Waals surface area contributed by atoms with Gasteiger partial charge in [-0.3, -0.25) is 9.80 Å². The fourth-order valence-corrected chi connectivity index (χ4v) is 4.44. The normalized spacial score (nSPS) is 25.5. The van der Waals surface area contributed by atoms with Crippen LogP contribution in [-0.2, 0) is 0 Å². The summed E-state index contributed by atoms with van der Waals surface area (Å²) in [6.07, 6.45) is 10.9. The first-order valence-electron chi connectivity index (χ1n) is 9.00. The Morgan fingerprint density at radius 2 is 1.39 bits per heavy atom. The van der Waals surface area contributed by atoms with E-state index >= 15 is 0 Å². The Balaban J connectivity index is 1.23. The van der Waals surface area contributed by atoms with Crippen LogP contribution in [0, 0.1) is 0 Å². The highest BCUT2D eigenvalue weighted by Gasteiger charge is 2.35. The van der Waals surface area contributed by atoms with E-state index in [1.165, 1.54) is 58.3 Å². The van der Waals surface area contributed by atoms with Crippen LogP contribution in [-0.4, -0.2) is 71.1 Å². The summed E-state index contributed by atoms with van der Waals surface area (Å²) in [5.41, 5.74) is 0. The van der Waals surface area contributed by atoms with Crippen LogP contribution in [0.25, 0.3) is 0 Å². The largest absolute Gasteiger partial charge is 0.338 e. The first-order valence-corrected chi connectivity index (χ1v) is 9.79. The van der Waals surface area contributed by atoms with Crippen molar-refractivity contribution in [1.29, 1.82) is 0 Å². The van der Waals surface area contributed by atoms with Crippen molar-refractivity contribution in [1.82, 2.24) is 19.8 Å². The van der Waals surface area contributed by atoms with Gasteiger partial charge in [-0.15, -0.1) is 0 Å². The predicted molar refractivity (Wildman–Crippen MR) is 95.8 cm³/mol. The monoisotopic (exact) mass is 379 g/mol. The van der Waals surface area contributed by atoms with Crippen LogP contribution >= 0.6 is 15.9 Å². The molecule has 0 atom stereocenters. The Morgan fingerprint density at radius 1 is 0.826 bits per heavy atom. The smallest absolute Gasteiger partial charge is 0.225 e. The minimum atomic E-state index is 0.691. The molecule has 1 aliphatic carbocycles. The molecule has 0 spiro atoms. The van der Waals surface area contributed by atoms with E-state index < -0.39 is 0 Å². The van der Waals surface area contributed by atoms with Gasteiger partial charge in [-0.2, -0.15) is 0 Å². The molecule has 1 saturated carbocycles. The maximum atomic E-state index is 4.39. The van der Waals surface area contributed by atoms with Crippen LogP contribution in [0.2, 0.25) is 0 Å². The minimum absolute atomic E-state index is 0.691. The van der Waals surface area contributed by atoms with Gasteiger partial charge in [0.2, 0.25) is 5.95 Å². The summed E-state index contributed by atoms with van der Waals surface area (Å²) in [6, 6.07) is 1.57. The standard InChI is InChI=1S/C17H26BrN5/c18-14-10-19-17(20-11-14)23-12-16(13-23)22-8-6-21(7-9-22)15-4-2-1-3-5-15/h10-11,15-16H,1-9,12-13H2. The average Bonchev–Trinajstić information content (AvgIpc) is 2.57. The molecule has 4 rings (SSSR count). The summed E-state index contributed by atoms with van der Waals surface area (Å²) in [6.45, 7) is 7.13. The number of nitrogens with zero attached hydrogens (tertiary/aromatic N) is 5. The fraction of sp³-hybridized carbons (Fsp3) is 0.765. The van der Waals surface area contributed by atoms with E-state index in [9.17, 15) is 0 Å². The molecule has 0 amide bonds. The second-order valence-corrected chi connectivity index (χ2v) is 8.04. The Labute approximate surface area is 147 Å². The molecule has 1 aromatic rings. The topological polar surface area (TPSA) is 35.5 Å². The van der Waals surface area contributed by atoms with Crippen LogP contribution in [0.3, 0.4) is 0 Å². The van der Waals surface area contributed by atoms with E-state index in [1.807, 2.05) is 12.4 Å². The Hall–Kier alpha value is -0.720. The molecule has 126 valence electrons. The maximum absolute atomic E-state index is 4.39.